The van der Waals surface area contributed by atoms with Gasteiger partial charge in [-0.1, -0.05) is 23.7 Å². The van der Waals surface area contributed by atoms with Gasteiger partial charge in [0, 0.05) is 30.4 Å². The van der Waals surface area contributed by atoms with Crippen molar-refractivity contribution >= 4 is 23.3 Å². The topological polar surface area (TPSA) is 78.1 Å². The standard InChI is InChI=1S/C18H19ClF3N5O/c19-13-3-1-2-11(8-13)14-9-15(27-26-14)17(28)24-7-6-23-16-5-4-12(10-25-16)18(20,21)22/h1-5,8,10,14-15,26-27H,6-7,9H2,(H,23,25)(H,24,28). The van der Waals surface area contributed by atoms with Crippen molar-refractivity contribution in [1.29, 1.82) is 0 Å². The molecule has 150 valence electrons. The van der Waals surface area contributed by atoms with Crippen LogP contribution in [-0.2, 0) is 11.0 Å². The molecule has 0 bridgehead atoms. The second-order valence-electron chi connectivity index (χ2n) is 6.33. The van der Waals surface area contributed by atoms with Crippen LogP contribution in [0.5, 0.6) is 0 Å². The van der Waals surface area contributed by atoms with Crippen LogP contribution >= 0.6 is 11.6 Å². The fourth-order valence-corrected chi connectivity index (χ4v) is 3.03. The van der Waals surface area contributed by atoms with Gasteiger partial charge in [0.15, 0.2) is 0 Å². The molecule has 2 aromatic rings. The van der Waals surface area contributed by atoms with Gasteiger partial charge >= 0.3 is 6.18 Å². The van der Waals surface area contributed by atoms with E-state index in [1.807, 2.05) is 18.2 Å². The van der Waals surface area contributed by atoms with Crippen LogP contribution in [0, 0.1) is 0 Å². The average molecular weight is 414 g/mol. The third-order valence-corrected chi connectivity index (χ3v) is 4.53. The monoisotopic (exact) mass is 413 g/mol. The zero-order chi connectivity index (χ0) is 20.1. The largest absolute Gasteiger partial charge is 0.417 e. The summed E-state index contributed by atoms with van der Waals surface area (Å²) in [7, 11) is 0. The first-order valence-electron chi connectivity index (χ1n) is 8.64. The Morgan fingerprint density at radius 1 is 1.21 bits per heavy atom. The SMILES string of the molecule is O=C(NCCNc1ccc(C(F)(F)F)cn1)C1CC(c2cccc(Cl)c2)NN1. The number of carbonyl (C=O) groups is 1. The highest BCUT2D eigenvalue weighted by Gasteiger charge is 2.31. The number of nitrogens with one attached hydrogen (secondary N) is 4. The van der Waals surface area contributed by atoms with Crippen molar-refractivity contribution in [1.82, 2.24) is 21.2 Å². The number of hydrogen-bond donors (Lipinski definition) is 4. The Balaban J connectivity index is 1.40. The molecule has 0 aliphatic carbocycles. The maximum absolute atomic E-state index is 12.5. The normalized spacial score (nSPS) is 19.4. The van der Waals surface area contributed by atoms with E-state index in [4.69, 9.17) is 11.6 Å². The fourth-order valence-electron chi connectivity index (χ4n) is 2.84. The Hall–Kier alpha value is -2.36. The number of alkyl halides is 3. The molecule has 4 N–H and O–H groups in total. The second-order valence-corrected chi connectivity index (χ2v) is 6.77. The molecule has 3 rings (SSSR count). The predicted octanol–water partition coefficient (Wildman–Crippen LogP) is 2.89. The van der Waals surface area contributed by atoms with Crippen molar-refractivity contribution in [3.63, 3.8) is 0 Å². The Kier molecular flexibility index (Phi) is 6.38. The summed E-state index contributed by atoms with van der Waals surface area (Å²) < 4.78 is 37.5. The first-order chi connectivity index (χ1) is 13.3. The van der Waals surface area contributed by atoms with Crippen LogP contribution in [-0.4, -0.2) is 30.0 Å². The van der Waals surface area contributed by atoms with Crippen LogP contribution in [0.25, 0.3) is 0 Å². The smallest absolute Gasteiger partial charge is 0.368 e. The summed E-state index contributed by atoms with van der Waals surface area (Å²) in [6, 6.07) is 9.22. The molecular formula is C18H19ClF3N5O. The van der Waals surface area contributed by atoms with Gasteiger partial charge < -0.3 is 10.6 Å². The number of anilines is 1. The van der Waals surface area contributed by atoms with E-state index in [1.165, 1.54) is 6.07 Å². The van der Waals surface area contributed by atoms with Crippen LogP contribution in [0.1, 0.15) is 23.6 Å². The molecule has 1 aliphatic heterocycles. The number of hydrazine groups is 1. The maximum atomic E-state index is 12.5. The first kappa shape index (κ1) is 20.4. The van der Waals surface area contributed by atoms with Crippen molar-refractivity contribution in [3.05, 3.63) is 58.7 Å². The predicted molar refractivity (Wildman–Crippen MR) is 99.6 cm³/mol. The van der Waals surface area contributed by atoms with Crippen LogP contribution in [0.2, 0.25) is 5.02 Å². The summed E-state index contributed by atoms with van der Waals surface area (Å²) >= 11 is 5.99. The highest BCUT2D eigenvalue weighted by Crippen LogP contribution is 2.28. The van der Waals surface area contributed by atoms with Crippen LogP contribution in [0.15, 0.2) is 42.6 Å². The minimum atomic E-state index is -4.41. The van der Waals surface area contributed by atoms with Gasteiger partial charge in [0.2, 0.25) is 5.91 Å². The second kappa shape index (κ2) is 8.76. The molecule has 0 saturated carbocycles. The lowest BCUT2D eigenvalue weighted by molar-refractivity contribution is -0.137. The van der Waals surface area contributed by atoms with Crippen molar-refractivity contribution < 1.29 is 18.0 Å². The molecule has 2 unspecified atom stereocenters. The van der Waals surface area contributed by atoms with Gasteiger partial charge in [-0.25, -0.2) is 15.8 Å². The molecule has 1 fully saturated rings. The summed E-state index contributed by atoms with van der Waals surface area (Å²) in [5.41, 5.74) is 6.22. The Labute approximate surface area is 164 Å². The zero-order valence-corrected chi connectivity index (χ0v) is 15.4. The van der Waals surface area contributed by atoms with Crippen LogP contribution in [0.4, 0.5) is 19.0 Å². The minimum Gasteiger partial charge on any atom is -0.368 e. The Bertz CT molecular complexity index is 816. The molecule has 28 heavy (non-hydrogen) atoms. The number of rotatable bonds is 6. The average Bonchev–Trinajstić information content (AvgIpc) is 3.15. The van der Waals surface area contributed by atoms with E-state index in [9.17, 15) is 18.0 Å². The molecule has 0 spiro atoms. The van der Waals surface area contributed by atoms with Crippen molar-refractivity contribution in [2.45, 2.75) is 24.7 Å². The van der Waals surface area contributed by atoms with Crippen molar-refractivity contribution in [2.24, 2.45) is 0 Å². The summed E-state index contributed by atoms with van der Waals surface area (Å²) in [5, 5.41) is 6.28. The maximum Gasteiger partial charge on any atom is 0.417 e. The lowest BCUT2D eigenvalue weighted by atomic mass is 10.0. The number of amides is 1. The highest BCUT2D eigenvalue weighted by molar-refractivity contribution is 6.30. The molecule has 6 nitrogen and oxygen atoms in total. The highest BCUT2D eigenvalue weighted by atomic mass is 35.5. The van der Waals surface area contributed by atoms with Crippen LogP contribution in [0.3, 0.4) is 0 Å². The fraction of sp³-hybridized carbons (Fsp3) is 0.333. The number of hydrogen-bond acceptors (Lipinski definition) is 5. The number of carbonyl (C=O) groups excluding carboxylic acids is 1. The zero-order valence-electron chi connectivity index (χ0n) is 14.7. The van der Waals surface area contributed by atoms with E-state index in [0.29, 0.717) is 30.4 Å². The minimum absolute atomic E-state index is 0.0241. The molecule has 2 heterocycles. The van der Waals surface area contributed by atoms with E-state index < -0.39 is 17.8 Å². The first-order valence-corrected chi connectivity index (χ1v) is 9.02. The summed E-state index contributed by atoms with van der Waals surface area (Å²) in [5.74, 6) is 0.142. The quantitative estimate of drug-likeness (QED) is 0.548. The van der Waals surface area contributed by atoms with Crippen molar-refractivity contribution in [3.8, 4) is 0 Å². The van der Waals surface area contributed by atoms with Gasteiger partial charge in [-0.15, -0.1) is 0 Å². The molecule has 2 atom stereocenters. The third-order valence-electron chi connectivity index (χ3n) is 4.29. The Morgan fingerprint density at radius 3 is 2.71 bits per heavy atom. The Morgan fingerprint density at radius 2 is 2.04 bits per heavy atom. The number of benzene rings is 1. The molecule has 1 amide bonds. The van der Waals surface area contributed by atoms with Gasteiger partial charge in [-0.2, -0.15) is 13.2 Å². The lowest BCUT2D eigenvalue weighted by Crippen LogP contribution is -2.44. The third kappa shape index (κ3) is 5.34. The molecule has 0 radical (unpaired) electrons. The van der Waals surface area contributed by atoms with E-state index in [0.717, 1.165) is 17.8 Å². The van der Waals surface area contributed by atoms with Crippen molar-refractivity contribution in [2.75, 3.05) is 18.4 Å². The molecular weight excluding hydrogens is 395 g/mol. The van der Waals surface area contributed by atoms with Gasteiger partial charge in [-0.3, -0.25) is 4.79 Å². The van der Waals surface area contributed by atoms with E-state index in [1.54, 1.807) is 6.07 Å². The molecule has 10 heteroatoms. The molecule has 1 aromatic heterocycles. The number of pyridine rings is 1. The van der Waals surface area contributed by atoms with Crippen LogP contribution < -0.4 is 21.5 Å². The number of nitrogens with zero attached hydrogens (tertiary/aromatic N) is 1. The molecule has 1 aliphatic rings. The summed E-state index contributed by atoms with van der Waals surface area (Å²) in [6.45, 7) is 0.642. The van der Waals surface area contributed by atoms with Gasteiger partial charge in [0.25, 0.3) is 0 Å². The van der Waals surface area contributed by atoms with E-state index in [-0.39, 0.29) is 11.9 Å². The number of halogens is 4. The van der Waals surface area contributed by atoms with E-state index in [2.05, 4.69) is 26.5 Å². The summed E-state index contributed by atoms with van der Waals surface area (Å²) in [6.07, 6.45) is -3.07. The van der Waals surface area contributed by atoms with Gasteiger partial charge in [-0.05, 0) is 36.2 Å². The van der Waals surface area contributed by atoms with Gasteiger partial charge in [0.05, 0.1) is 5.56 Å². The molecule has 1 saturated heterocycles. The summed E-state index contributed by atoms with van der Waals surface area (Å²) in [4.78, 5) is 16.0. The lowest BCUT2D eigenvalue weighted by Gasteiger charge is -2.12. The van der Waals surface area contributed by atoms with Gasteiger partial charge in [0.1, 0.15) is 11.9 Å². The number of aromatic nitrogens is 1. The molecule has 1 aromatic carbocycles. The van der Waals surface area contributed by atoms with E-state index >= 15 is 0 Å².